The number of β-amino-alcohol motifs (C(OH)–C–C–N with tert-alkyl or cyclic N) is 1. The summed E-state index contributed by atoms with van der Waals surface area (Å²) in [5, 5.41) is 26.6. The number of nitrogens with one attached hydrogen (secondary N) is 2. The SMILES string of the molecule is Cl.[2H]C([2H])([2H])Oc1ccc(CC(C)(C)NC[C@H](O)c2cc(O)cc3c2OCC(=O)N3)cc1. The number of hydrogen-bond acceptors (Lipinski definition) is 6. The summed E-state index contributed by atoms with van der Waals surface area (Å²) in [7, 11) is -2.49. The van der Waals surface area contributed by atoms with Crippen LogP contribution in [0.3, 0.4) is 0 Å². The van der Waals surface area contributed by atoms with Gasteiger partial charge in [0, 0.05) is 23.7 Å². The molecule has 0 saturated carbocycles. The number of rotatable bonds is 7. The van der Waals surface area contributed by atoms with E-state index >= 15 is 0 Å². The van der Waals surface area contributed by atoms with Crippen LogP contribution in [0.4, 0.5) is 5.69 Å². The first-order valence-electron chi connectivity index (χ1n) is 10.4. The van der Waals surface area contributed by atoms with E-state index in [2.05, 4.69) is 10.6 Å². The molecule has 2 aromatic carbocycles. The Labute approximate surface area is 180 Å². The third kappa shape index (κ3) is 5.76. The Morgan fingerprint density at radius 1 is 1.34 bits per heavy atom. The quantitative estimate of drug-likeness (QED) is 0.544. The van der Waals surface area contributed by atoms with Gasteiger partial charge in [-0.25, -0.2) is 0 Å². The summed E-state index contributed by atoms with van der Waals surface area (Å²) in [4.78, 5) is 11.5. The van der Waals surface area contributed by atoms with Gasteiger partial charge < -0.3 is 30.3 Å². The van der Waals surface area contributed by atoms with Gasteiger partial charge in [-0.1, -0.05) is 12.1 Å². The van der Waals surface area contributed by atoms with Crippen LogP contribution in [0.1, 0.15) is 35.2 Å². The highest BCUT2D eigenvalue weighted by Gasteiger charge is 2.26. The van der Waals surface area contributed by atoms with Crippen molar-refractivity contribution in [2.45, 2.75) is 31.9 Å². The van der Waals surface area contributed by atoms with Gasteiger partial charge in [0.15, 0.2) is 6.61 Å². The summed E-state index contributed by atoms with van der Waals surface area (Å²) in [6, 6.07) is 9.60. The number of anilines is 1. The van der Waals surface area contributed by atoms with E-state index in [1.54, 1.807) is 24.3 Å². The zero-order valence-electron chi connectivity index (χ0n) is 19.2. The summed E-state index contributed by atoms with van der Waals surface area (Å²) in [5.74, 6) is 0.199. The van der Waals surface area contributed by atoms with Gasteiger partial charge in [-0.2, -0.15) is 0 Å². The normalized spacial score (nSPS) is 16.1. The fourth-order valence-electron chi connectivity index (χ4n) is 3.19. The number of fused-ring (bicyclic) bond motifs is 1. The average Bonchev–Trinajstić information content (AvgIpc) is 2.65. The molecular formula is C21H27ClN2O5. The van der Waals surface area contributed by atoms with Crippen LogP contribution in [-0.2, 0) is 11.2 Å². The number of amides is 1. The van der Waals surface area contributed by atoms with Crippen LogP contribution in [0, 0.1) is 0 Å². The van der Waals surface area contributed by atoms with E-state index in [0.29, 0.717) is 23.4 Å². The van der Waals surface area contributed by atoms with E-state index in [-0.39, 0.29) is 43.0 Å². The Kier molecular flexibility index (Phi) is 5.98. The molecule has 1 aliphatic rings. The lowest BCUT2D eigenvalue weighted by atomic mass is 9.94. The van der Waals surface area contributed by atoms with Crippen LogP contribution < -0.4 is 20.1 Å². The second-order valence-corrected chi connectivity index (χ2v) is 7.45. The average molecular weight is 426 g/mol. The summed E-state index contributed by atoms with van der Waals surface area (Å²) < 4.78 is 31.8. The lowest BCUT2D eigenvalue weighted by Crippen LogP contribution is -2.43. The predicted octanol–water partition coefficient (Wildman–Crippen LogP) is 2.80. The van der Waals surface area contributed by atoms with Crippen molar-refractivity contribution < 1.29 is 28.6 Å². The molecule has 0 aliphatic carbocycles. The molecule has 1 atom stereocenters. The van der Waals surface area contributed by atoms with E-state index in [4.69, 9.17) is 13.6 Å². The van der Waals surface area contributed by atoms with Gasteiger partial charge in [0.05, 0.1) is 22.9 Å². The van der Waals surface area contributed by atoms with Crippen molar-refractivity contribution in [1.82, 2.24) is 5.32 Å². The molecule has 0 bridgehead atoms. The number of aliphatic hydroxyl groups excluding tert-OH is 1. The number of carbonyl (C=O) groups excluding carboxylic acids is 1. The number of phenolic OH excluding ortho intramolecular Hbond substituents is 1. The third-order valence-corrected chi connectivity index (χ3v) is 4.54. The van der Waals surface area contributed by atoms with Crippen molar-refractivity contribution in [3.8, 4) is 17.2 Å². The lowest BCUT2D eigenvalue weighted by Gasteiger charge is -2.29. The molecule has 1 aliphatic heterocycles. The zero-order chi connectivity index (χ0) is 22.8. The Hall–Kier alpha value is -2.48. The van der Waals surface area contributed by atoms with Crippen LogP contribution >= 0.6 is 12.4 Å². The number of aromatic hydroxyl groups is 1. The Balaban J connectivity index is 0.00000363. The van der Waals surface area contributed by atoms with E-state index in [1.807, 2.05) is 13.8 Å². The molecule has 1 amide bonds. The largest absolute Gasteiger partial charge is 0.508 e. The summed E-state index contributed by atoms with van der Waals surface area (Å²) >= 11 is 0. The van der Waals surface area contributed by atoms with Gasteiger partial charge in [-0.3, -0.25) is 4.79 Å². The second kappa shape index (κ2) is 9.35. The van der Waals surface area contributed by atoms with Crippen molar-refractivity contribution in [3.63, 3.8) is 0 Å². The molecule has 7 nitrogen and oxygen atoms in total. The van der Waals surface area contributed by atoms with Crippen LogP contribution in [-0.4, -0.2) is 41.8 Å². The lowest BCUT2D eigenvalue weighted by molar-refractivity contribution is -0.118. The first-order chi connectivity index (χ1) is 14.4. The first kappa shape index (κ1) is 18.5. The van der Waals surface area contributed by atoms with Crippen LogP contribution in [0.25, 0.3) is 0 Å². The zero-order valence-corrected chi connectivity index (χ0v) is 17.0. The number of aliphatic hydroxyl groups is 1. The van der Waals surface area contributed by atoms with E-state index < -0.39 is 18.7 Å². The molecular weight excluding hydrogens is 396 g/mol. The van der Waals surface area contributed by atoms with Gasteiger partial charge in [0.25, 0.3) is 5.91 Å². The second-order valence-electron chi connectivity index (χ2n) is 7.45. The highest BCUT2D eigenvalue weighted by atomic mass is 35.5. The third-order valence-electron chi connectivity index (χ3n) is 4.54. The molecule has 158 valence electrons. The van der Waals surface area contributed by atoms with E-state index in [1.165, 1.54) is 12.1 Å². The Morgan fingerprint density at radius 2 is 2.07 bits per heavy atom. The number of phenols is 1. The summed E-state index contributed by atoms with van der Waals surface area (Å²) in [6.45, 7) is 3.97. The predicted molar refractivity (Wildman–Crippen MR) is 113 cm³/mol. The highest BCUT2D eigenvalue weighted by Crippen LogP contribution is 2.38. The molecule has 0 saturated heterocycles. The monoisotopic (exact) mass is 425 g/mol. The molecule has 29 heavy (non-hydrogen) atoms. The number of carbonyl (C=O) groups is 1. The minimum atomic E-state index is -2.49. The van der Waals surface area contributed by atoms with Crippen molar-refractivity contribution in [1.29, 1.82) is 0 Å². The minimum Gasteiger partial charge on any atom is -0.508 e. The van der Waals surface area contributed by atoms with Crippen molar-refractivity contribution in [3.05, 3.63) is 47.5 Å². The molecule has 0 spiro atoms. The number of methoxy groups -OCH3 is 1. The maximum atomic E-state index is 11.5. The number of hydrogen-bond donors (Lipinski definition) is 4. The van der Waals surface area contributed by atoms with Crippen molar-refractivity contribution in [2.24, 2.45) is 0 Å². The molecule has 0 radical (unpaired) electrons. The van der Waals surface area contributed by atoms with Gasteiger partial charge >= 0.3 is 0 Å². The summed E-state index contributed by atoms with van der Waals surface area (Å²) in [5.41, 5.74) is 1.26. The first-order valence-corrected chi connectivity index (χ1v) is 8.92. The van der Waals surface area contributed by atoms with Crippen LogP contribution in [0.5, 0.6) is 17.2 Å². The molecule has 3 rings (SSSR count). The van der Waals surface area contributed by atoms with Crippen molar-refractivity contribution >= 4 is 24.0 Å². The van der Waals surface area contributed by atoms with E-state index in [9.17, 15) is 15.0 Å². The molecule has 1 heterocycles. The van der Waals surface area contributed by atoms with Crippen LogP contribution in [0.2, 0.25) is 0 Å². The maximum absolute atomic E-state index is 11.5. The molecule has 0 unspecified atom stereocenters. The highest BCUT2D eigenvalue weighted by molar-refractivity contribution is 5.96. The van der Waals surface area contributed by atoms with Gasteiger partial charge in [0.1, 0.15) is 17.2 Å². The topological polar surface area (TPSA) is 100 Å². The fraction of sp³-hybridized carbons (Fsp3) is 0.381. The minimum absolute atomic E-state index is 0. The Morgan fingerprint density at radius 3 is 2.76 bits per heavy atom. The summed E-state index contributed by atoms with van der Waals surface area (Å²) in [6.07, 6.45) is -0.372. The molecule has 8 heteroatoms. The molecule has 0 fully saturated rings. The van der Waals surface area contributed by atoms with Gasteiger partial charge in [-0.15, -0.1) is 12.4 Å². The smallest absolute Gasteiger partial charge is 0.262 e. The Bertz CT molecular complexity index is 952. The van der Waals surface area contributed by atoms with Gasteiger partial charge in [-0.05, 0) is 44.0 Å². The van der Waals surface area contributed by atoms with Gasteiger partial charge in [0.2, 0.25) is 0 Å². The number of benzene rings is 2. The van der Waals surface area contributed by atoms with Crippen LogP contribution in [0.15, 0.2) is 36.4 Å². The number of halogens is 1. The molecule has 2 aromatic rings. The molecule has 4 N–H and O–H groups in total. The standard InChI is InChI=1S/C21H26N2O5.ClH/c1-21(2,10-13-4-6-15(27-3)7-5-13)22-11-18(25)16-8-14(24)9-17-20(16)28-12-19(26)23-17;/h4-9,18,22,24-25H,10-12H2,1-3H3,(H,23,26);1H/t18-;/m0./s1/i3D3;. The fourth-order valence-corrected chi connectivity index (χ4v) is 3.19. The van der Waals surface area contributed by atoms with Crippen molar-refractivity contribution in [2.75, 3.05) is 25.5 Å². The van der Waals surface area contributed by atoms with E-state index in [0.717, 1.165) is 5.56 Å². The molecule has 0 aromatic heterocycles. The maximum Gasteiger partial charge on any atom is 0.262 e. The number of ether oxygens (including phenoxy) is 2.